The Labute approximate surface area is 134 Å². The predicted molar refractivity (Wildman–Crippen MR) is 78.9 cm³/mol. The zero-order valence-corrected chi connectivity index (χ0v) is 13.1. The standard InChI is InChI=1S/C14H23N3O6/c18-12(19)9-16(2-1-15-5-7-22-8-6-15)3-4-17-10-13(20)23-14(21)11-17/h1-11H2,(H,18,19). The number of morpholine rings is 2. The molecule has 1 N–H and O–H groups in total. The number of aliphatic carboxylic acids is 1. The van der Waals surface area contributed by atoms with Crippen molar-refractivity contribution in [2.45, 2.75) is 0 Å². The highest BCUT2D eigenvalue weighted by molar-refractivity contribution is 5.90. The average Bonchev–Trinajstić information content (AvgIpc) is 2.50. The summed E-state index contributed by atoms with van der Waals surface area (Å²) in [5, 5.41) is 9.02. The molecule has 2 aliphatic heterocycles. The number of carbonyl (C=O) groups is 3. The molecule has 0 aromatic heterocycles. The summed E-state index contributed by atoms with van der Waals surface area (Å²) in [5.41, 5.74) is 0. The smallest absolute Gasteiger partial charge is 0.327 e. The molecule has 130 valence electrons. The first-order valence-corrected chi connectivity index (χ1v) is 7.73. The van der Waals surface area contributed by atoms with Gasteiger partial charge in [-0.1, -0.05) is 0 Å². The highest BCUT2D eigenvalue weighted by Crippen LogP contribution is 2.02. The van der Waals surface area contributed by atoms with Crippen LogP contribution >= 0.6 is 0 Å². The summed E-state index contributed by atoms with van der Waals surface area (Å²) in [5.74, 6) is -2.00. The molecule has 2 rings (SSSR count). The minimum Gasteiger partial charge on any atom is -0.480 e. The van der Waals surface area contributed by atoms with Gasteiger partial charge in [-0.3, -0.25) is 29.1 Å². The molecule has 9 nitrogen and oxygen atoms in total. The summed E-state index contributed by atoms with van der Waals surface area (Å²) in [7, 11) is 0. The summed E-state index contributed by atoms with van der Waals surface area (Å²) in [6.07, 6.45) is 0. The van der Waals surface area contributed by atoms with Crippen molar-refractivity contribution in [1.82, 2.24) is 14.7 Å². The molecule has 0 bridgehead atoms. The maximum atomic E-state index is 11.2. The normalized spacial score (nSPS) is 20.7. The van der Waals surface area contributed by atoms with Crippen molar-refractivity contribution in [3.63, 3.8) is 0 Å². The van der Waals surface area contributed by atoms with E-state index in [1.54, 1.807) is 4.90 Å². The minimum atomic E-state index is -0.888. The van der Waals surface area contributed by atoms with Crippen molar-refractivity contribution in [1.29, 1.82) is 0 Å². The van der Waals surface area contributed by atoms with Gasteiger partial charge in [0.15, 0.2) is 0 Å². The van der Waals surface area contributed by atoms with E-state index in [2.05, 4.69) is 9.64 Å². The Morgan fingerprint density at radius 2 is 1.61 bits per heavy atom. The molecule has 23 heavy (non-hydrogen) atoms. The van der Waals surface area contributed by atoms with Crippen molar-refractivity contribution >= 4 is 17.9 Å². The van der Waals surface area contributed by atoms with E-state index in [-0.39, 0.29) is 19.6 Å². The Morgan fingerprint density at radius 1 is 1.04 bits per heavy atom. The molecule has 0 unspecified atom stereocenters. The molecule has 0 aromatic carbocycles. The predicted octanol–water partition coefficient (Wildman–Crippen LogP) is -1.91. The zero-order chi connectivity index (χ0) is 16.7. The van der Waals surface area contributed by atoms with E-state index < -0.39 is 17.9 Å². The number of carbonyl (C=O) groups excluding carboxylic acids is 2. The number of hydrogen-bond donors (Lipinski definition) is 1. The fourth-order valence-corrected chi connectivity index (χ4v) is 2.62. The number of hydrogen-bond acceptors (Lipinski definition) is 8. The van der Waals surface area contributed by atoms with Crippen LogP contribution in [0.25, 0.3) is 0 Å². The topological polar surface area (TPSA) is 99.6 Å². The lowest BCUT2D eigenvalue weighted by Crippen LogP contribution is -2.48. The van der Waals surface area contributed by atoms with Crippen LogP contribution in [0.3, 0.4) is 0 Å². The monoisotopic (exact) mass is 329 g/mol. The average molecular weight is 329 g/mol. The number of carboxylic acids is 1. The number of ether oxygens (including phenoxy) is 2. The third-order valence-corrected chi connectivity index (χ3v) is 3.86. The van der Waals surface area contributed by atoms with Crippen LogP contribution in [0, 0.1) is 0 Å². The third kappa shape index (κ3) is 6.61. The van der Waals surface area contributed by atoms with Crippen molar-refractivity contribution in [2.75, 3.05) is 72.1 Å². The van der Waals surface area contributed by atoms with Gasteiger partial charge >= 0.3 is 17.9 Å². The zero-order valence-electron chi connectivity index (χ0n) is 13.1. The largest absolute Gasteiger partial charge is 0.480 e. The molecule has 2 aliphatic rings. The van der Waals surface area contributed by atoms with Crippen LogP contribution in [0.2, 0.25) is 0 Å². The fourth-order valence-electron chi connectivity index (χ4n) is 2.62. The van der Waals surface area contributed by atoms with Gasteiger partial charge in [-0.05, 0) is 0 Å². The van der Waals surface area contributed by atoms with Crippen molar-refractivity contribution in [3.05, 3.63) is 0 Å². The van der Waals surface area contributed by atoms with E-state index in [9.17, 15) is 14.4 Å². The summed E-state index contributed by atoms with van der Waals surface area (Å²) < 4.78 is 9.76. The van der Waals surface area contributed by atoms with Gasteiger partial charge in [-0.25, -0.2) is 0 Å². The Morgan fingerprint density at radius 3 is 2.17 bits per heavy atom. The van der Waals surface area contributed by atoms with Gasteiger partial charge in [0.25, 0.3) is 0 Å². The van der Waals surface area contributed by atoms with Gasteiger partial charge in [-0.15, -0.1) is 0 Å². The first-order valence-electron chi connectivity index (χ1n) is 7.73. The summed E-state index contributed by atoms with van der Waals surface area (Å²) in [4.78, 5) is 39.2. The Kier molecular flexibility index (Phi) is 6.90. The highest BCUT2D eigenvalue weighted by atomic mass is 16.6. The van der Waals surface area contributed by atoms with Crippen LogP contribution in [0.15, 0.2) is 0 Å². The summed E-state index contributed by atoms with van der Waals surface area (Å²) in [6, 6.07) is 0. The highest BCUT2D eigenvalue weighted by Gasteiger charge is 2.25. The van der Waals surface area contributed by atoms with E-state index in [0.717, 1.165) is 19.6 Å². The van der Waals surface area contributed by atoms with Gasteiger partial charge in [0.1, 0.15) is 0 Å². The molecule has 0 aromatic rings. The second kappa shape index (κ2) is 8.92. The minimum absolute atomic E-state index is 0.0590. The van der Waals surface area contributed by atoms with Gasteiger partial charge < -0.3 is 14.6 Å². The molecule has 0 atom stereocenters. The van der Waals surface area contributed by atoms with Gasteiger partial charge in [0.2, 0.25) is 0 Å². The molecule has 2 fully saturated rings. The van der Waals surface area contributed by atoms with Crippen LogP contribution in [-0.4, -0.2) is 110 Å². The molecule has 0 radical (unpaired) electrons. The van der Waals surface area contributed by atoms with E-state index in [4.69, 9.17) is 9.84 Å². The van der Waals surface area contributed by atoms with Crippen LogP contribution in [-0.2, 0) is 23.9 Å². The summed E-state index contributed by atoms with van der Waals surface area (Å²) in [6.45, 7) is 5.53. The molecule has 0 spiro atoms. The lowest BCUT2D eigenvalue weighted by atomic mass is 10.3. The number of cyclic esters (lactones) is 2. The molecule has 2 saturated heterocycles. The van der Waals surface area contributed by atoms with Crippen molar-refractivity contribution < 1.29 is 29.0 Å². The number of esters is 2. The van der Waals surface area contributed by atoms with Crippen molar-refractivity contribution in [3.8, 4) is 0 Å². The van der Waals surface area contributed by atoms with E-state index >= 15 is 0 Å². The SMILES string of the molecule is O=C(O)CN(CCN1CCOCC1)CCN1CC(=O)OC(=O)C1. The van der Waals surface area contributed by atoms with E-state index in [1.165, 1.54) is 0 Å². The number of nitrogens with zero attached hydrogens (tertiary/aromatic N) is 3. The maximum Gasteiger partial charge on any atom is 0.327 e. The Balaban J connectivity index is 1.76. The molecule has 0 amide bonds. The summed E-state index contributed by atoms with van der Waals surface area (Å²) >= 11 is 0. The molecular formula is C14H23N3O6. The van der Waals surface area contributed by atoms with Gasteiger partial charge in [0, 0.05) is 39.3 Å². The van der Waals surface area contributed by atoms with Gasteiger partial charge in [0.05, 0.1) is 32.8 Å². The van der Waals surface area contributed by atoms with Crippen LogP contribution in [0.5, 0.6) is 0 Å². The second-order valence-corrected chi connectivity index (χ2v) is 5.68. The molecular weight excluding hydrogens is 306 g/mol. The maximum absolute atomic E-state index is 11.2. The first kappa shape index (κ1) is 17.8. The molecule has 0 saturated carbocycles. The van der Waals surface area contributed by atoms with Crippen LogP contribution in [0.4, 0.5) is 0 Å². The Hall–Kier alpha value is -1.55. The second-order valence-electron chi connectivity index (χ2n) is 5.68. The lowest BCUT2D eigenvalue weighted by Gasteiger charge is -2.31. The van der Waals surface area contributed by atoms with Gasteiger partial charge in [-0.2, -0.15) is 0 Å². The first-order chi connectivity index (χ1) is 11.0. The van der Waals surface area contributed by atoms with Crippen LogP contribution in [0.1, 0.15) is 0 Å². The molecule has 0 aliphatic carbocycles. The third-order valence-electron chi connectivity index (χ3n) is 3.86. The number of carboxylic acid groups (broad SMARTS) is 1. The lowest BCUT2D eigenvalue weighted by molar-refractivity contribution is -0.167. The van der Waals surface area contributed by atoms with Crippen molar-refractivity contribution in [2.24, 2.45) is 0 Å². The fraction of sp³-hybridized carbons (Fsp3) is 0.786. The molecule has 9 heteroatoms. The number of rotatable bonds is 8. The van der Waals surface area contributed by atoms with Crippen LogP contribution < -0.4 is 0 Å². The quantitative estimate of drug-likeness (QED) is 0.404. The van der Waals surface area contributed by atoms with E-state index in [0.29, 0.717) is 32.8 Å². The Bertz CT molecular complexity index is 422. The molecule has 2 heterocycles. The van der Waals surface area contributed by atoms with E-state index in [1.807, 2.05) is 4.90 Å².